The Kier molecular flexibility index (Phi) is 14.6. The smallest absolute Gasteiger partial charge is 0.326 e. The first kappa shape index (κ1) is 31.3. The summed E-state index contributed by atoms with van der Waals surface area (Å²) in [5, 5.41) is 16.8. The van der Waals surface area contributed by atoms with Crippen LogP contribution in [0.4, 0.5) is 0 Å². The van der Waals surface area contributed by atoms with Gasteiger partial charge in [0, 0.05) is 0 Å². The molecule has 1 rings (SSSR count). The lowest BCUT2D eigenvalue weighted by molar-refractivity contribution is -0.142. The molecule has 0 aliphatic carbocycles. The van der Waals surface area contributed by atoms with Crippen LogP contribution in [0.15, 0.2) is 30.3 Å². The van der Waals surface area contributed by atoms with Gasteiger partial charge in [-0.15, -0.1) is 0 Å². The van der Waals surface area contributed by atoms with Gasteiger partial charge in [0.1, 0.15) is 18.1 Å². The molecule has 0 radical (unpaired) electrons. The van der Waals surface area contributed by atoms with Crippen molar-refractivity contribution in [2.75, 3.05) is 24.0 Å². The van der Waals surface area contributed by atoms with E-state index < -0.39 is 60.2 Å². The molecular formula is C23H35N5O6S2. The van der Waals surface area contributed by atoms with Gasteiger partial charge in [-0.05, 0) is 48.8 Å². The highest BCUT2D eigenvalue weighted by Crippen LogP contribution is 2.07. The lowest BCUT2D eigenvalue weighted by atomic mass is 10.1. The molecule has 0 spiro atoms. The number of amides is 4. The van der Waals surface area contributed by atoms with E-state index in [1.54, 1.807) is 6.26 Å². The van der Waals surface area contributed by atoms with E-state index in [1.165, 1.54) is 23.5 Å². The second-order valence-corrected chi connectivity index (χ2v) is 10.0. The molecule has 8 N–H and O–H groups in total. The van der Waals surface area contributed by atoms with Crippen LogP contribution in [0.25, 0.3) is 0 Å². The summed E-state index contributed by atoms with van der Waals surface area (Å²) in [6, 6.07) is 4.64. The van der Waals surface area contributed by atoms with E-state index in [9.17, 15) is 29.1 Å². The summed E-state index contributed by atoms with van der Waals surface area (Å²) in [6.45, 7) is 0. The molecule has 0 saturated heterocycles. The number of primary amides is 1. The predicted octanol–water partition coefficient (Wildman–Crippen LogP) is -0.523. The topological polar surface area (TPSA) is 194 Å². The summed E-state index contributed by atoms with van der Waals surface area (Å²) < 4.78 is 0. The lowest BCUT2D eigenvalue weighted by Gasteiger charge is -2.24. The van der Waals surface area contributed by atoms with Gasteiger partial charge in [0.2, 0.25) is 23.6 Å². The number of hydrogen-bond acceptors (Lipinski definition) is 8. The highest BCUT2D eigenvalue weighted by atomic mass is 32.2. The number of carbonyl (C=O) groups is 5. The number of benzene rings is 1. The normalized spacial score (nSPS) is 14.1. The zero-order valence-corrected chi connectivity index (χ0v) is 22.0. The number of aliphatic carboxylic acids is 1. The number of nitrogens with two attached hydrogens (primary N) is 2. The summed E-state index contributed by atoms with van der Waals surface area (Å²) in [4.78, 5) is 61.5. The largest absolute Gasteiger partial charge is 0.480 e. The fraction of sp³-hybridized carbons (Fsp3) is 0.522. The predicted molar refractivity (Wildman–Crippen MR) is 141 cm³/mol. The zero-order chi connectivity index (χ0) is 27.1. The summed E-state index contributed by atoms with van der Waals surface area (Å²) in [5.41, 5.74) is 12.1. The maximum Gasteiger partial charge on any atom is 0.326 e. The Hall–Kier alpha value is -2.77. The van der Waals surface area contributed by atoms with Crippen LogP contribution in [-0.4, -0.2) is 82.9 Å². The van der Waals surface area contributed by atoms with Crippen molar-refractivity contribution in [3.63, 3.8) is 0 Å². The molecule has 0 aliphatic heterocycles. The van der Waals surface area contributed by atoms with Crippen molar-refractivity contribution >= 4 is 53.1 Å². The van der Waals surface area contributed by atoms with Gasteiger partial charge < -0.3 is 32.5 Å². The maximum atomic E-state index is 13.0. The van der Waals surface area contributed by atoms with Crippen LogP contribution in [0.1, 0.15) is 24.8 Å². The van der Waals surface area contributed by atoms with E-state index in [4.69, 9.17) is 11.5 Å². The molecule has 0 fully saturated rings. The minimum atomic E-state index is -1.40. The molecule has 0 bridgehead atoms. The third kappa shape index (κ3) is 11.8. The average molecular weight is 542 g/mol. The zero-order valence-electron chi connectivity index (χ0n) is 20.4. The highest BCUT2D eigenvalue weighted by molar-refractivity contribution is 7.98. The molecule has 0 aromatic heterocycles. The van der Waals surface area contributed by atoms with Crippen LogP contribution >= 0.6 is 23.5 Å². The second kappa shape index (κ2) is 16.8. The van der Waals surface area contributed by atoms with Crippen LogP contribution in [0.2, 0.25) is 0 Å². The van der Waals surface area contributed by atoms with Gasteiger partial charge in [0.15, 0.2) is 0 Å². The van der Waals surface area contributed by atoms with E-state index in [1.807, 2.05) is 36.6 Å². The van der Waals surface area contributed by atoms with Crippen LogP contribution in [0.3, 0.4) is 0 Å². The Balaban J connectivity index is 2.93. The van der Waals surface area contributed by atoms with Gasteiger partial charge in [-0.25, -0.2) is 4.79 Å². The lowest BCUT2D eigenvalue weighted by Crippen LogP contribution is -2.58. The van der Waals surface area contributed by atoms with Crippen molar-refractivity contribution in [2.45, 2.75) is 49.9 Å². The van der Waals surface area contributed by atoms with Crippen molar-refractivity contribution in [1.29, 1.82) is 0 Å². The molecule has 13 heteroatoms. The average Bonchev–Trinajstić information content (AvgIpc) is 2.83. The van der Waals surface area contributed by atoms with Crippen molar-refractivity contribution in [3.8, 4) is 0 Å². The van der Waals surface area contributed by atoms with Crippen LogP contribution in [-0.2, 0) is 30.4 Å². The number of rotatable bonds is 17. The third-order valence-corrected chi connectivity index (χ3v) is 6.43. The molecule has 0 aliphatic rings. The summed E-state index contributed by atoms with van der Waals surface area (Å²) >= 11 is 2.87. The highest BCUT2D eigenvalue weighted by Gasteiger charge is 2.31. The van der Waals surface area contributed by atoms with Gasteiger partial charge >= 0.3 is 5.97 Å². The van der Waals surface area contributed by atoms with Crippen molar-refractivity contribution in [2.24, 2.45) is 11.5 Å². The molecular weight excluding hydrogens is 506 g/mol. The number of carboxylic acid groups (broad SMARTS) is 1. The summed E-state index contributed by atoms with van der Waals surface area (Å²) in [6.07, 6.45) is 3.76. The van der Waals surface area contributed by atoms with E-state index >= 15 is 0 Å². The second-order valence-electron chi connectivity index (χ2n) is 8.05. The minimum Gasteiger partial charge on any atom is -0.480 e. The van der Waals surface area contributed by atoms with Gasteiger partial charge in [0.05, 0.1) is 12.5 Å². The Morgan fingerprint density at radius 3 is 1.86 bits per heavy atom. The molecule has 1 aromatic rings. The number of carboxylic acids is 1. The first-order chi connectivity index (χ1) is 17.1. The van der Waals surface area contributed by atoms with E-state index in [0.29, 0.717) is 11.5 Å². The van der Waals surface area contributed by atoms with E-state index in [-0.39, 0.29) is 19.3 Å². The Bertz CT molecular complexity index is 889. The molecule has 0 saturated carbocycles. The van der Waals surface area contributed by atoms with Crippen molar-refractivity contribution in [1.82, 2.24) is 16.0 Å². The first-order valence-corrected chi connectivity index (χ1v) is 14.1. The van der Waals surface area contributed by atoms with Gasteiger partial charge in [-0.2, -0.15) is 23.5 Å². The van der Waals surface area contributed by atoms with Crippen molar-refractivity contribution in [3.05, 3.63) is 35.9 Å². The molecule has 0 heterocycles. The van der Waals surface area contributed by atoms with E-state index in [0.717, 1.165) is 5.56 Å². The minimum absolute atomic E-state index is 0.158. The Morgan fingerprint density at radius 2 is 1.33 bits per heavy atom. The quantitative estimate of drug-likeness (QED) is 0.150. The van der Waals surface area contributed by atoms with Crippen LogP contribution < -0.4 is 27.4 Å². The Labute approximate surface area is 219 Å². The van der Waals surface area contributed by atoms with Crippen LogP contribution in [0, 0.1) is 0 Å². The van der Waals surface area contributed by atoms with Gasteiger partial charge in [-0.3, -0.25) is 19.2 Å². The van der Waals surface area contributed by atoms with E-state index in [2.05, 4.69) is 16.0 Å². The standard InChI is InChI=1S/C23H35N5O6S2/c1-35-10-8-16(26-20(30)15(24)12-14-6-4-3-5-7-14)21(31)28-18(13-19(25)29)22(32)27-17(23(33)34)9-11-36-2/h3-7,15-18H,8-13,24H2,1-2H3,(H2,25,29)(H,26,30)(H,27,32)(H,28,31)(H,33,34). The maximum absolute atomic E-state index is 13.0. The third-order valence-electron chi connectivity index (χ3n) is 5.14. The monoisotopic (exact) mass is 541 g/mol. The number of thioether (sulfide) groups is 2. The fourth-order valence-corrected chi connectivity index (χ4v) is 4.13. The Morgan fingerprint density at radius 1 is 0.833 bits per heavy atom. The first-order valence-electron chi connectivity index (χ1n) is 11.3. The molecule has 1 aromatic carbocycles. The van der Waals surface area contributed by atoms with Crippen molar-refractivity contribution < 1.29 is 29.1 Å². The van der Waals surface area contributed by atoms with Gasteiger partial charge in [-0.1, -0.05) is 30.3 Å². The SMILES string of the molecule is CSCCC(NC(=O)C(CC(N)=O)NC(=O)C(CCSC)NC(=O)C(N)Cc1ccccc1)C(=O)O. The number of carbonyl (C=O) groups excluding carboxylic acids is 4. The molecule has 200 valence electrons. The summed E-state index contributed by atoms with van der Waals surface area (Å²) in [7, 11) is 0. The molecule has 36 heavy (non-hydrogen) atoms. The fourth-order valence-electron chi connectivity index (χ4n) is 3.19. The molecule has 11 nitrogen and oxygen atoms in total. The molecule has 4 amide bonds. The molecule has 4 unspecified atom stereocenters. The number of nitrogens with one attached hydrogen (secondary N) is 3. The van der Waals surface area contributed by atoms with Gasteiger partial charge in [0.25, 0.3) is 0 Å². The number of hydrogen-bond donors (Lipinski definition) is 6. The molecule has 4 atom stereocenters. The summed E-state index contributed by atoms with van der Waals surface area (Å²) in [5.74, 6) is -3.20. The van der Waals surface area contributed by atoms with Crippen LogP contribution in [0.5, 0.6) is 0 Å².